The summed E-state index contributed by atoms with van der Waals surface area (Å²) in [5, 5.41) is 30.2. The van der Waals surface area contributed by atoms with Crippen LogP contribution < -0.4 is 0 Å². The van der Waals surface area contributed by atoms with Crippen LogP contribution in [0.3, 0.4) is 0 Å². The second-order valence-corrected chi connectivity index (χ2v) is 5.61. The summed E-state index contributed by atoms with van der Waals surface area (Å²) in [6.45, 7) is 2.49. The molecule has 6 nitrogen and oxygen atoms in total. The van der Waals surface area contributed by atoms with Crippen molar-refractivity contribution in [3.8, 4) is 28.4 Å². The van der Waals surface area contributed by atoms with Gasteiger partial charge in [0, 0.05) is 18.7 Å². The molecule has 0 radical (unpaired) electrons. The normalized spacial score (nSPS) is 10.8. The van der Waals surface area contributed by atoms with Crippen LogP contribution in [0.4, 0.5) is 0 Å². The van der Waals surface area contributed by atoms with Gasteiger partial charge in [-0.05, 0) is 36.6 Å². The summed E-state index contributed by atoms with van der Waals surface area (Å²) in [6, 6.07) is 7.51. The second kappa shape index (κ2) is 8.50. The molecular formula is C19H22O6. The Balaban J connectivity index is 2.49. The number of carbonyl (C=O) groups excluding carboxylic acids is 1. The van der Waals surface area contributed by atoms with Gasteiger partial charge in [0.2, 0.25) is 0 Å². The third-order valence-electron chi connectivity index (χ3n) is 3.80. The van der Waals surface area contributed by atoms with Crippen LogP contribution in [-0.2, 0) is 15.9 Å². The van der Waals surface area contributed by atoms with E-state index in [-0.39, 0.29) is 28.6 Å². The van der Waals surface area contributed by atoms with Crippen LogP contribution >= 0.6 is 0 Å². The highest BCUT2D eigenvalue weighted by molar-refractivity contribution is 6.01. The number of hydrogen-bond donors (Lipinski definition) is 3. The predicted octanol–water partition coefficient (Wildman–Crippen LogP) is 2.88. The quantitative estimate of drug-likeness (QED) is 0.502. The molecule has 0 bridgehead atoms. The largest absolute Gasteiger partial charge is 0.508 e. The molecule has 2 aromatic rings. The molecule has 0 unspecified atom stereocenters. The number of ether oxygens (including phenoxy) is 2. The summed E-state index contributed by atoms with van der Waals surface area (Å²) in [5.74, 6) is -0.719. The maximum absolute atomic E-state index is 12.0. The smallest absolute Gasteiger partial charge is 0.163 e. The van der Waals surface area contributed by atoms with Crippen molar-refractivity contribution < 1.29 is 29.6 Å². The van der Waals surface area contributed by atoms with Gasteiger partial charge in [0.1, 0.15) is 17.2 Å². The summed E-state index contributed by atoms with van der Waals surface area (Å²) in [7, 11) is 1.57. The number of Topliss-reactive ketones (excluding diaryl/α,β-unsaturated/α-hetero) is 1. The fourth-order valence-corrected chi connectivity index (χ4v) is 2.75. The standard InChI is InChI=1S/C19H22O6/c1-12(20)18-15(6-7-25-9-8-24-2)19(17(23)11-16(18)22)13-4-3-5-14(21)10-13/h3-5,10-11,21-23H,6-9H2,1-2H3. The van der Waals surface area contributed by atoms with Crippen LogP contribution in [0.5, 0.6) is 17.2 Å². The average Bonchev–Trinajstić information content (AvgIpc) is 2.53. The highest BCUT2D eigenvalue weighted by Gasteiger charge is 2.21. The lowest BCUT2D eigenvalue weighted by Gasteiger charge is -2.17. The van der Waals surface area contributed by atoms with Crippen molar-refractivity contribution in [2.24, 2.45) is 0 Å². The summed E-state index contributed by atoms with van der Waals surface area (Å²) >= 11 is 0. The van der Waals surface area contributed by atoms with Gasteiger partial charge in [-0.3, -0.25) is 4.79 Å². The van der Waals surface area contributed by atoms with Crippen LogP contribution in [-0.4, -0.2) is 48.0 Å². The van der Waals surface area contributed by atoms with E-state index >= 15 is 0 Å². The van der Waals surface area contributed by atoms with E-state index in [2.05, 4.69) is 0 Å². The molecule has 0 spiro atoms. The fourth-order valence-electron chi connectivity index (χ4n) is 2.75. The maximum atomic E-state index is 12.0. The number of phenols is 3. The third-order valence-corrected chi connectivity index (χ3v) is 3.80. The Kier molecular flexibility index (Phi) is 6.38. The van der Waals surface area contributed by atoms with Gasteiger partial charge in [0.05, 0.1) is 25.4 Å². The number of ketones is 1. The highest BCUT2D eigenvalue weighted by Crippen LogP contribution is 2.40. The molecular weight excluding hydrogens is 324 g/mol. The van der Waals surface area contributed by atoms with Gasteiger partial charge in [0.25, 0.3) is 0 Å². The second-order valence-electron chi connectivity index (χ2n) is 5.61. The van der Waals surface area contributed by atoms with E-state index in [9.17, 15) is 20.1 Å². The number of carbonyl (C=O) groups is 1. The Labute approximate surface area is 146 Å². The molecule has 0 fully saturated rings. The first-order chi connectivity index (χ1) is 12.0. The number of aromatic hydroxyl groups is 3. The minimum absolute atomic E-state index is 0.0386. The molecule has 0 aliphatic heterocycles. The molecule has 3 N–H and O–H groups in total. The van der Waals surface area contributed by atoms with Crippen LogP contribution in [0.2, 0.25) is 0 Å². The van der Waals surface area contributed by atoms with Crippen molar-refractivity contribution in [2.45, 2.75) is 13.3 Å². The summed E-state index contributed by atoms with van der Waals surface area (Å²) in [5.41, 5.74) is 1.57. The van der Waals surface area contributed by atoms with Crippen molar-refractivity contribution in [3.63, 3.8) is 0 Å². The van der Waals surface area contributed by atoms with Gasteiger partial charge < -0.3 is 24.8 Å². The lowest BCUT2D eigenvalue weighted by Crippen LogP contribution is -2.09. The first-order valence-corrected chi connectivity index (χ1v) is 7.90. The van der Waals surface area contributed by atoms with Crippen molar-refractivity contribution in [1.82, 2.24) is 0 Å². The number of benzene rings is 2. The summed E-state index contributed by atoms with van der Waals surface area (Å²) in [4.78, 5) is 12.0. The molecule has 0 saturated carbocycles. The Hall–Kier alpha value is -2.57. The van der Waals surface area contributed by atoms with E-state index in [1.54, 1.807) is 19.2 Å². The Morgan fingerprint density at radius 2 is 1.80 bits per heavy atom. The summed E-state index contributed by atoms with van der Waals surface area (Å²) in [6.07, 6.45) is 0.311. The minimum atomic E-state index is -0.314. The Bertz CT molecular complexity index is 754. The lowest BCUT2D eigenvalue weighted by atomic mass is 9.90. The Morgan fingerprint density at radius 1 is 1.04 bits per heavy atom. The molecule has 2 rings (SSSR count). The molecule has 0 amide bonds. The predicted molar refractivity (Wildman–Crippen MR) is 93.3 cm³/mol. The van der Waals surface area contributed by atoms with E-state index in [1.807, 2.05) is 0 Å². The molecule has 0 saturated heterocycles. The average molecular weight is 346 g/mol. The Morgan fingerprint density at radius 3 is 2.44 bits per heavy atom. The third kappa shape index (κ3) is 4.49. The monoisotopic (exact) mass is 346 g/mol. The van der Waals surface area contributed by atoms with Crippen molar-refractivity contribution in [1.29, 1.82) is 0 Å². The molecule has 0 aromatic heterocycles. The van der Waals surface area contributed by atoms with Gasteiger partial charge >= 0.3 is 0 Å². The van der Waals surface area contributed by atoms with Crippen molar-refractivity contribution >= 4 is 5.78 Å². The van der Waals surface area contributed by atoms with Crippen LogP contribution in [0.1, 0.15) is 22.8 Å². The maximum Gasteiger partial charge on any atom is 0.163 e. The van der Waals surface area contributed by atoms with E-state index in [4.69, 9.17) is 9.47 Å². The molecule has 6 heteroatoms. The molecule has 25 heavy (non-hydrogen) atoms. The molecule has 0 aliphatic rings. The molecule has 0 atom stereocenters. The zero-order chi connectivity index (χ0) is 18.4. The number of phenolic OH excluding ortho intramolecular Hbond substituents is 3. The molecule has 2 aromatic carbocycles. The number of hydrogen-bond acceptors (Lipinski definition) is 6. The minimum Gasteiger partial charge on any atom is -0.508 e. The zero-order valence-corrected chi connectivity index (χ0v) is 14.3. The van der Waals surface area contributed by atoms with E-state index in [1.165, 1.54) is 19.1 Å². The van der Waals surface area contributed by atoms with Crippen LogP contribution in [0.15, 0.2) is 30.3 Å². The van der Waals surface area contributed by atoms with Gasteiger partial charge in [-0.1, -0.05) is 12.1 Å². The highest BCUT2D eigenvalue weighted by atomic mass is 16.5. The zero-order valence-electron chi connectivity index (χ0n) is 14.3. The van der Waals surface area contributed by atoms with Gasteiger partial charge in [0.15, 0.2) is 5.78 Å². The van der Waals surface area contributed by atoms with E-state index in [0.29, 0.717) is 42.9 Å². The van der Waals surface area contributed by atoms with Crippen molar-refractivity contribution in [3.05, 3.63) is 41.5 Å². The molecule has 0 aliphatic carbocycles. The lowest BCUT2D eigenvalue weighted by molar-refractivity contribution is 0.0721. The SMILES string of the molecule is COCCOCCc1c(C(C)=O)c(O)cc(O)c1-c1cccc(O)c1. The van der Waals surface area contributed by atoms with Crippen molar-refractivity contribution in [2.75, 3.05) is 26.9 Å². The topological polar surface area (TPSA) is 96.2 Å². The number of methoxy groups -OCH3 is 1. The summed E-state index contributed by atoms with van der Waals surface area (Å²) < 4.78 is 10.4. The van der Waals surface area contributed by atoms with Crippen LogP contribution in [0.25, 0.3) is 11.1 Å². The van der Waals surface area contributed by atoms with E-state index in [0.717, 1.165) is 6.07 Å². The van der Waals surface area contributed by atoms with Crippen LogP contribution in [0, 0.1) is 0 Å². The number of rotatable bonds is 8. The first-order valence-electron chi connectivity index (χ1n) is 7.90. The molecule has 0 heterocycles. The first kappa shape index (κ1) is 18.8. The van der Waals surface area contributed by atoms with Gasteiger partial charge in [-0.2, -0.15) is 0 Å². The fraction of sp³-hybridized carbons (Fsp3) is 0.316. The van der Waals surface area contributed by atoms with E-state index < -0.39 is 0 Å². The van der Waals surface area contributed by atoms with Gasteiger partial charge in [-0.15, -0.1) is 0 Å². The molecule has 134 valence electrons. The van der Waals surface area contributed by atoms with Gasteiger partial charge in [-0.25, -0.2) is 0 Å².